The third kappa shape index (κ3) is 10.9. The first kappa shape index (κ1) is 43.2. The molecular formula is C43H50N2O10. The van der Waals surface area contributed by atoms with Crippen molar-refractivity contribution in [3.63, 3.8) is 0 Å². The van der Waals surface area contributed by atoms with Gasteiger partial charge in [0.1, 0.15) is 35.6 Å². The number of hydrogen-bond acceptors (Lipinski definition) is 12. The zero-order valence-corrected chi connectivity index (χ0v) is 32.4. The molecule has 0 amide bonds. The minimum Gasteiger partial charge on any atom is -0.472 e. The van der Waals surface area contributed by atoms with E-state index in [2.05, 4.69) is 16.9 Å². The minimum absolute atomic E-state index is 0.0604. The molecule has 0 radical (unpaired) electrons. The van der Waals surface area contributed by atoms with Crippen molar-refractivity contribution in [2.75, 3.05) is 14.2 Å². The molecule has 2 aliphatic rings. The van der Waals surface area contributed by atoms with Crippen molar-refractivity contribution in [1.82, 2.24) is 10.3 Å². The number of esters is 4. The molecule has 292 valence electrons. The number of rotatable bonds is 8. The molecule has 55 heavy (non-hydrogen) atoms. The van der Waals surface area contributed by atoms with Gasteiger partial charge in [-0.05, 0) is 51.8 Å². The lowest BCUT2D eigenvalue weighted by Gasteiger charge is -2.35. The molecule has 1 aromatic rings. The molecule has 1 N–H and O–H groups in total. The Balaban J connectivity index is 2.01. The third-order valence-electron chi connectivity index (χ3n) is 9.04. The van der Waals surface area contributed by atoms with Gasteiger partial charge in [-0.15, -0.1) is 0 Å². The average molecular weight is 755 g/mol. The molecule has 0 saturated heterocycles. The molecule has 1 aromatic heterocycles. The first-order chi connectivity index (χ1) is 26.4. The number of nitrogens with one attached hydrogen (secondary N) is 1. The van der Waals surface area contributed by atoms with E-state index < -0.39 is 53.1 Å². The number of oxazole rings is 1. The second kappa shape index (κ2) is 20.9. The van der Waals surface area contributed by atoms with Gasteiger partial charge in [0.2, 0.25) is 5.89 Å². The summed E-state index contributed by atoms with van der Waals surface area (Å²) in [5.41, 5.74) is -1.82. The zero-order valence-electron chi connectivity index (χ0n) is 32.4. The molecule has 5 unspecified atom stereocenters. The number of aromatic nitrogens is 1. The number of carbonyl (C=O) groups is 4. The number of methoxy groups -OCH3 is 2. The molecule has 12 nitrogen and oxygen atoms in total. The van der Waals surface area contributed by atoms with Crippen LogP contribution in [0.2, 0.25) is 0 Å². The van der Waals surface area contributed by atoms with Crippen LogP contribution in [0, 0.1) is 10.8 Å². The van der Waals surface area contributed by atoms with Crippen molar-refractivity contribution >= 4 is 30.0 Å². The first-order valence-corrected chi connectivity index (χ1v) is 17.7. The van der Waals surface area contributed by atoms with Gasteiger partial charge in [-0.1, -0.05) is 97.7 Å². The monoisotopic (exact) mass is 754 g/mol. The minimum atomic E-state index is -1.42. The lowest BCUT2D eigenvalue weighted by atomic mass is 9.75. The number of carbonyl (C=O) groups excluding carboxylic acids is 4. The van der Waals surface area contributed by atoms with Crippen molar-refractivity contribution in [3.8, 4) is 0 Å². The van der Waals surface area contributed by atoms with Crippen LogP contribution in [0.3, 0.4) is 0 Å². The highest BCUT2D eigenvalue weighted by atomic mass is 16.6. The fourth-order valence-corrected chi connectivity index (χ4v) is 5.78. The van der Waals surface area contributed by atoms with Crippen LogP contribution in [0.25, 0.3) is 6.08 Å². The van der Waals surface area contributed by atoms with E-state index in [4.69, 9.17) is 28.1 Å². The Labute approximate surface area is 322 Å². The van der Waals surface area contributed by atoms with Gasteiger partial charge in [-0.25, -0.2) is 14.6 Å². The number of cyclic esters (lactones) is 2. The summed E-state index contributed by atoms with van der Waals surface area (Å²) in [4.78, 5) is 57.6. The molecule has 12 heteroatoms. The van der Waals surface area contributed by atoms with Gasteiger partial charge in [0.25, 0.3) is 0 Å². The number of ether oxygens (including phenoxy) is 5. The van der Waals surface area contributed by atoms with E-state index >= 15 is 0 Å². The quantitative estimate of drug-likeness (QED) is 0.159. The highest BCUT2D eigenvalue weighted by Gasteiger charge is 2.48. The van der Waals surface area contributed by atoms with Crippen molar-refractivity contribution in [1.29, 1.82) is 0 Å². The number of allylic oxidation sites excluding steroid dienone is 13. The van der Waals surface area contributed by atoms with Crippen LogP contribution in [0.1, 0.15) is 63.8 Å². The van der Waals surface area contributed by atoms with Crippen LogP contribution >= 0.6 is 0 Å². The van der Waals surface area contributed by atoms with Gasteiger partial charge in [0, 0.05) is 18.9 Å². The van der Waals surface area contributed by atoms with E-state index in [1.807, 2.05) is 6.92 Å². The smallest absolute Gasteiger partial charge is 0.360 e. The molecule has 2 aliphatic heterocycles. The summed E-state index contributed by atoms with van der Waals surface area (Å²) in [5, 5.41) is 2.96. The van der Waals surface area contributed by atoms with E-state index in [0.717, 1.165) is 0 Å². The summed E-state index contributed by atoms with van der Waals surface area (Å²) in [6.07, 6.45) is 29.2. The van der Waals surface area contributed by atoms with E-state index in [-0.39, 0.29) is 30.1 Å². The van der Waals surface area contributed by atoms with E-state index in [9.17, 15) is 19.2 Å². The normalized spacial score (nSPS) is 25.7. The second-order valence-electron chi connectivity index (χ2n) is 12.6. The van der Waals surface area contributed by atoms with Crippen molar-refractivity contribution in [3.05, 3.63) is 145 Å². The average Bonchev–Trinajstić information content (AvgIpc) is 3.87. The Morgan fingerprint density at radius 3 is 2.04 bits per heavy atom. The highest BCUT2D eigenvalue weighted by Crippen LogP contribution is 2.39. The topological polar surface area (TPSA) is 152 Å². The Kier molecular flexibility index (Phi) is 16.4. The van der Waals surface area contributed by atoms with Crippen molar-refractivity contribution < 1.29 is 47.3 Å². The Hall–Kier alpha value is -6.17. The van der Waals surface area contributed by atoms with Gasteiger partial charge in [-0.3, -0.25) is 9.59 Å². The summed E-state index contributed by atoms with van der Waals surface area (Å²) in [6, 6.07) is 0. The molecule has 4 bridgehead atoms. The van der Waals surface area contributed by atoms with E-state index in [0.29, 0.717) is 11.1 Å². The molecule has 0 spiro atoms. The van der Waals surface area contributed by atoms with Crippen LogP contribution in [0.15, 0.2) is 138 Å². The largest absolute Gasteiger partial charge is 0.472 e. The van der Waals surface area contributed by atoms with Gasteiger partial charge in [0.05, 0.1) is 14.2 Å². The van der Waals surface area contributed by atoms with Crippen LogP contribution in [0.4, 0.5) is 0 Å². The van der Waals surface area contributed by atoms with Crippen LogP contribution in [0.5, 0.6) is 0 Å². The summed E-state index contributed by atoms with van der Waals surface area (Å²) >= 11 is 0. The maximum Gasteiger partial charge on any atom is 0.360 e. The maximum absolute atomic E-state index is 13.4. The van der Waals surface area contributed by atoms with Gasteiger partial charge < -0.3 is 33.4 Å². The van der Waals surface area contributed by atoms with E-state index in [1.54, 1.807) is 131 Å². The van der Waals surface area contributed by atoms with Gasteiger partial charge in [-0.2, -0.15) is 0 Å². The molecule has 0 saturated carbocycles. The predicted molar refractivity (Wildman–Crippen MR) is 208 cm³/mol. The fourth-order valence-electron chi connectivity index (χ4n) is 5.78. The summed E-state index contributed by atoms with van der Waals surface area (Å²) in [7, 11) is 2.55. The molecule has 5 atom stereocenters. The molecule has 0 aliphatic carbocycles. The lowest BCUT2D eigenvalue weighted by Crippen LogP contribution is -2.45. The Morgan fingerprint density at radius 2 is 1.42 bits per heavy atom. The standard InChI is InChI=1S/C43H50N2O10/c1-9-22-30(4)42(5,40(48)50-7)34-24-18-14-12-16-20-27-37-45-33(29-53-37)39(47)55-35(43(6,41(49)51-8)31(11-3)23-10-2)25-19-15-13-17-21-26-36-44-32(28-52-36)38(46)54-34/h9-23,26-29,34-36,44H,4,24-25H2,1-3,5-8H3/b16-12+,17-13+,18-14-,19-15-,22-9+,23-10+,26-21+,27-20+,31-11?. The molecule has 3 rings (SSSR count). The summed E-state index contributed by atoms with van der Waals surface area (Å²) < 4.78 is 33.3. The highest BCUT2D eigenvalue weighted by molar-refractivity contribution is 5.90. The number of hydrogen-bond donors (Lipinski definition) is 1. The first-order valence-electron chi connectivity index (χ1n) is 17.7. The van der Waals surface area contributed by atoms with Gasteiger partial charge in [0.15, 0.2) is 17.6 Å². The molecule has 3 heterocycles. The molecule has 0 aromatic carbocycles. The maximum atomic E-state index is 13.4. The fraction of sp³-hybridized carbons (Fsp3) is 0.326. The number of nitrogens with zero attached hydrogens (tertiary/aromatic N) is 1. The Bertz CT molecular complexity index is 1870. The number of fused-ring (bicyclic) bond motifs is 4. The predicted octanol–water partition coefficient (Wildman–Crippen LogP) is 7.50. The second-order valence-corrected chi connectivity index (χ2v) is 12.6. The van der Waals surface area contributed by atoms with E-state index in [1.165, 1.54) is 26.7 Å². The molecular weight excluding hydrogens is 704 g/mol. The van der Waals surface area contributed by atoms with Crippen LogP contribution in [-0.4, -0.2) is 61.5 Å². The summed E-state index contributed by atoms with van der Waals surface area (Å²) in [6.45, 7) is 12.8. The molecule has 0 fully saturated rings. The van der Waals surface area contributed by atoms with Crippen molar-refractivity contribution in [2.45, 2.75) is 65.9 Å². The Morgan fingerprint density at radius 1 is 0.836 bits per heavy atom. The van der Waals surface area contributed by atoms with Gasteiger partial charge >= 0.3 is 23.9 Å². The third-order valence-corrected chi connectivity index (χ3v) is 9.04. The SMILES string of the molecule is C=C(/C=C/C)C(C)(C(=O)OC)C1C\C=C/C=C/C=C/c2nc(co2)C(=O)OC(C(C)(C(=O)OC)C(=CC)/C=C/C)C\C=C/C=C/C=C/C2NC(=CO2)C(=O)O1. The van der Waals surface area contributed by atoms with Crippen LogP contribution in [-0.2, 0) is 38.1 Å². The summed E-state index contributed by atoms with van der Waals surface area (Å²) in [5.74, 6) is -2.58. The lowest BCUT2D eigenvalue weighted by molar-refractivity contribution is -0.164. The van der Waals surface area contributed by atoms with Crippen LogP contribution < -0.4 is 5.32 Å². The van der Waals surface area contributed by atoms with Crippen molar-refractivity contribution in [2.24, 2.45) is 10.8 Å². The zero-order chi connectivity index (χ0) is 40.4.